The molecule has 0 unspecified atom stereocenters. The second-order valence-corrected chi connectivity index (χ2v) is 4.07. The van der Waals surface area contributed by atoms with Crippen LogP contribution in [0.25, 0.3) is 0 Å². The molecular formula is C11H15BrN2O2. The molecule has 0 atom stereocenters. The number of likely N-dealkylation sites (N-methyl/N-ethyl adjacent to an activating group) is 1. The van der Waals surface area contributed by atoms with Crippen LogP contribution in [-0.2, 0) is 4.79 Å². The van der Waals surface area contributed by atoms with Crippen molar-refractivity contribution in [3.63, 3.8) is 0 Å². The van der Waals surface area contributed by atoms with Crippen LogP contribution in [0.3, 0.4) is 0 Å². The highest BCUT2D eigenvalue weighted by molar-refractivity contribution is 9.10. The monoisotopic (exact) mass is 286 g/mol. The lowest BCUT2D eigenvalue weighted by molar-refractivity contribution is -0.115. The van der Waals surface area contributed by atoms with Gasteiger partial charge in [-0.1, -0.05) is 15.9 Å². The third kappa shape index (κ3) is 3.83. The van der Waals surface area contributed by atoms with Gasteiger partial charge in [-0.05, 0) is 32.2 Å². The summed E-state index contributed by atoms with van der Waals surface area (Å²) in [6.07, 6.45) is 0. The van der Waals surface area contributed by atoms with Gasteiger partial charge < -0.3 is 15.4 Å². The van der Waals surface area contributed by atoms with Crippen molar-refractivity contribution >= 4 is 27.5 Å². The van der Waals surface area contributed by atoms with Gasteiger partial charge in [-0.2, -0.15) is 0 Å². The molecule has 1 aromatic rings. The van der Waals surface area contributed by atoms with Crippen molar-refractivity contribution in [3.05, 3.63) is 22.7 Å². The molecule has 1 aromatic carbocycles. The van der Waals surface area contributed by atoms with Gasteiger partial charge in [0.25, 0.3) is 0 Å². The minimum atomic E-state index is -0.0958. The average Bonchev–Trinajstić information content (AvgIpc) is 2.22. The van der Waals surface area contributed by atoms with E-state index in [1.54, 1.807) is 7.05 Å². The van der Waals surface area contributed by atoms with E-state index in [4.69, 9.17) is 4.74 Å². The molecule has 5 heteroatoms. The fourth-order valence-electron chi connectivity index (χ4n) is 1.24. The summed E-state index contributed by atoms with van der Waals surface area (Å²) in [7, 11) is 1.73. The molecule has 0 radical (unpaired) electrons. The predicted octanol–water partition coefficient (Wildman–Crippen LogP) is 2.01. The fraction of sp³-hybridized carbons (Fsp3) is 0.364. The normalized spacial score (nSPS) is 9.94. The number of carbonyl (C=O) groups is 1. The molecule has 0 spiro atoms. The minimum Gasteiger partial charge on any atom is -0.492 e. The summed E-state index contributed by atoms with van der Waals surface area (Å²) >= 11 is 3.35. The van der Waals surface area contributed by atoms with Crippen molar-refractivity contribution in [2.75, 3.05) is 25.5 Å². The number of benzene rings is 1. The van der Waals surface area contributed by atoms with E-state index in [9.17, 15) is 4.79 Å². The smallest absolute Gasteiger partial charge is 0.238 e. The molecule has 16 heavy (non-hydrogen) atoms. The maximum Gasteiger partial charge on any atom is 0.238 e. The van der Waals surface area contributed by atoms with Crippen molar-refractivity contribution in [3.8, 4) is 5.75 Å². The topological polar surface area (TPSA) is 50.4 Å². The third-order valence-corrected chi connectivity index (χ3v) is 2.35. The number of hydrogen-bond acceptors (Lipinski definition) is 3. The fourth-order valence-corrected chi connectivity index (χ4v) is 1.60. The molecular weight excluding hydrogens is 272 g/mol. The van der Waals surface area contributed by atoms with Gasteiger partial charge in [0.2, 0.25) is 5.91 Å². The van der Waals surface area contributed by atoms with Crippen LogP contribution in [0, 0.1) is 0 Å². The molecule has 0 fully saturated rings. The summed E-state index contributed by atoms with van der Waals surface area (Å²) in [4.78, 5) is 11.4. The van der Waals surface area contributed by atoms with E-state index in [0.717, 1.165) is 4.47 Å². The van der Waals surface area contributed by atoms with Gasteiger partial charge in [0, 0.05) is 4.47 Å². The van der Waals surface area contributed by atoms with E-state index >= 15 is 0 Å². The number of rotatable bonds is 5. The van der Waals surface area contributed by atoms with Crippen molar-refractivity contribution in [1.82, 2.24) is 5.32 Å². The molecule has 4 nitrogen and oxygen atoms in total. The van der Waals surface area contributed by atoms with Gasteiger partial charge in [0.1, 0.15) is 5.75 Å². The Kier molecular flexibility index (Phi) is 5.28. The number of ether oxygens (including phenoxy) is 1. The van der Waals surface area contributed by atoms with Crippen LogP contribution in [0.1, 0.15) is 6.92 Å². The summed E-state index contributed by atoms with van der Waals surface area (Å²) < 4.78 is 6.31. The lowest BCUT2D eigenvalue weighted by Crippen LogP contribution is -2.25. The summed E-state index contributed by atoms with van der Waals surface area (Å²) in [5.74, 6) is 0.580. The predicted molar refractivity (Wildman–Crippen MR) is 67.9 cm³/mol. The van der Waals surface area contributed by atoms with Crippen molar-refractivity contribution < 1.29 is 9.53 Å². The highest BCUT2D eigenvalue weighted by Gasteiger charge is 2.07. The van der Waals surface area contributed by atoms with Crippen LogP contribution < -0.4 is 15.4 Å². The zero-order valence-electron chi connectivity index (χ0n) is 9.34. The molecule has 0 aliphatic carbocycles. The molecule has 2 N–H and O–H groups in total. The van der Waals surface area contributed by atoms with E-state index < -0.39 is 0 Å². The lowest BCUT2D eigenvalue weighted by Gasteiger charge is -2.11. The molecule has 88 valence electrons. The van der Waals surface area contributed by atoms with Gasteiger partial charge >= 0.3 is 0 Å². The molecule has 0 bridgehead atoms. The largest absolute Gasteiger partial charge is 0.492 e. The summed E-state index contributed by atoms with van der Waals surface area (Å²) in [5.41, 5.74) is 0.677. The summed E-state index contributed by atoms with van der Waals surface area (Å²) in [5, 5.41) is 5.57. The molecule has 1 amide bonds. The Balaban J connectivity index is 2.82. The SMILES string of the molecule is CCOc1ccc(Br)cc1NC(=O)CNC. The van der Waals surface area contributed by atoms with Crippen LogP contribution >= 0.6 is 15.9 Å². The van der Waals surface area contributed by atoms with Crippen LogP contribution in [0.4, 0.5) is 5.69 Å². The Labute approximate surface area is 103 Å². The number of amides is 1. The molecule has 1 rings (SSSR count). The average molecular weight is 287 g/mol. The van der Waals surface area contributed by atoms with Gasteiger partial charge in [-0.15, -0.1) is 0 Å². The van der Waals surface area contributed by atoms with E-state index in [-0.39, 0.29) is 12.5 Å². The van der Waals surface area contributed by atoms with Gasteiger partial charge in [0.15, 0.2) is 0 Å². The van der Waals surface area contributed by atoms with E-state index in [1.807, 2.05) is 25.1 Å². The number of halogens is 1. The van der Waals surface area contributed by atoms with Crippen LogP contribution in [0.5, 0.6) is 5.75 Å². The maximum absolute atomic E-state index is 11.4. The Morgan fingerprint density at radius 3 is 2.88 bits per heavy atom. The Bertz CT molecular complexity index is 369. The van der Waals surface area contributed by atoms with Crippen molar-refractivity contribution in [2.24, 2.45) is 0 Å². The summed E-state index contributed by atoms with van der Waals surface area (Å²) in [6, 6.07) is 5.51. The van der Waals surface area contributed by atoms with Crippen LogP contribution in [-0.4, -0.2) is 26.1 Å². The first-order chi connectivity index (χ1) is 7.67. The number of nitrogens with one attached hydrogen (secondary N) is 2. The highest BCUT2D eigenvalue weighted by atomic mass is 79.9. The second-order valence-electron chi connectivity index (χ2n) is 3.15. The highest BCUT2D eigenvalue weighted by Crippen LogP contribution is 2.28. The van der Waals surface area contributed by atoms with E-state index in [1.165, 1.54) is 0 Å². The van der Waals surface area contributed by atoms with E-state index in [2.05, 4.69) is 26.6 Å². The molecule has 0 heterocycles. The molecule has 0 saturated heterocycles. The Morgan fingerprint density at radius 1 is 1.50 bits per heavy atom. The quantitative estimate of drug-likeness (QED) is 0.871. The standard InChI is InChI=1S/C11H15BrN2O2/c1-3-16-10-5-4-8(12)6-9(10)14-11(15)7-13-2/h4-6,13H,3,7H2,1-2H3,(H,14,15). The first-order valence-corrected chi connectivity index (χ1v) is 5.83. The molecule has 0 aromatic heterocycles. The minimum absolute atomic E-state index is 0.0958. The number of carbonyl (C=O) groups excluding carboxylic acids is 1. The van der Waals surface area contributed by atoms with Crippen molar-refractivity contribution in [2.45, 2.75) is 6.92 Å². The number of hydrogen-bond donors (Lipinski definition) is 2. The van der Waals surface area contributed by atoms with E-state index in [0.29, 0.717) is 18.0 Å². The Morgan fingerprint density at radius 2 is 2.25 bits per heavy atom. The second kappa shape index (κ2) is 6.50. The maximum atomic E-state index is 11.4. The first-order valence-electron chi connectivity index (χ1n) is 5.04. The van der Waals surface area contributed by atoms with Gasteiger partial charge in [-0.25, -0.2) is 0 Å². The Hall–Kier alpha value is -1.07. The molecule has 0 aliphatic rings. The molecule has 0 aliphatic heterocycles. The third-order valence-electron chi connectivity index (χ3n) is 1.85. The first kappa shape index (κ1) is 13.0. The van der Waals surface area contributed by atoms with Gasteiger partial charge in [0.05, 0.1) is 18.8 Å². The lowest BCUT2D eigenvalue weighted by atomic mass is 10.3. The number of anilines is 1. The zero-order valence-corrected chi connectivity index (χ0v) is 10.9. The van der Waals surface area contributed by atoms with Crippen LogP contribution in [0.2, 0.25) is 0 Å². The van der Waals surface area contributed by atoms with Gasteiger partial charge in [-0.3, -0.25) is 4.79 Å². The summed E-state index contributed by atoms with van der Waals surface area (Å²) in [6.45, 7) is 2.75. The zero-order chi connectivity index (χ0) is 12.0. The van der Waals surface area contributed by atoms with Crippen LogP contribution in [0.15, 0.2) is 22.7 Å². The molecule has 0 saturated carbocycles. The van der Waals surface area contributed by atoms with Crippen molar-refractivity contribution in [1.29, 1.82) is 0 Å².